The molecule has 0 aliphatic heterocycles. The quantitative estimate of drug-likeness (QED) is 0.786. The topological polar surface area (TPSA) is 35.5 Å². The van der Waals surface area contributed by atoms with Crippen LogP contribution in [-0.4, -0.2) is 48.3 Å². The number of nitrogens with zero attached hydrogens (tertiary/aromatic N) is 1. The van der Waals surface area contributed by atoms with Gasteiger partial charge in [0.05, 0.1) is 6.61 Å². The van der Waals surface area contributed by atoms with E-state index in [1.807, 2.05) is 0 Å². The standard InChI is InChI=1S/C17H34N2O/c1-3-18-17(14-20)11-7-10-16(12-17)19(2)13-15-8-5-4-6-9-15/h15-16,18,20H,3-14H2,1-2H3. The highest BCUT2D eigenvalue weighted by atomic mass is 16.3. The first-order chi connectivity index (χ1) is 9.69. The number of rotatable bonds is 6. The van der Waals surface area contributed by atoms with Crippen LogP contribution in [0.5, 0.6) is 0 Å². The van der Waals surface area contributed by atoms with Gasteiger partial charge in [-0.05, 0) is 58.0 Å². The fraction of sp³-hybridized carbons (Fsp3) is 1.00. The van der Waals surface area contributed by atoms with Crippen molar-refractivity contribution in [3.63, 3.8) is 0 Å². The van der Waals surface area contributed by atoms with E-state index in [1.165, 1.54) is 51.5 Å². The van der Waals surface area contributed by atoms with Crippen LogP contribution >= 0.6 is 0 Å². The van der Waals surface area contributed by atoms with Crippen LogP contribution in [0.25, 0.3) is 0 Å². The van der Waals surface area contributed by atoms with E-state index in [-0.39, 0.29) is 12.1 Å². The summed E-state index contributed by atoms with van der Waals surface area (Å²) in [7, 11) is 2.30. The van der Waals surface area contributed by atoms with Crippen molar-refractivity contribution < 1.29 is 5.11 Å². The fourth-order valence-corrected chi connectivity index (χ4v) is 4.37. The fourth-order valence-electron chi connectivity index (χ4n) is 4.37. The second-order valence-corrected chi connectivity index (χ2v) is 7.16. The molecule has 20 heavy (non-hydrogen) atoms. The Hall–Kier alpha value is -0.120. The van der Waals surface area contributed by atoms with Gasteiger partial charge in [0, 0.05) is 18.1 Å². The van der Waals surface area contributed by atoms with Crippen LogP contribution in [0.1, 0.15) is 64.7 Å². The SMILES string of the molecule is CCNC1(CO)CCCC(N(C)CC2CCCCC2)C1. The van der Waals surface area contributed by atoms with Gasteiger partial charge in [-0.1, -0.05) is 26.2 Å². The molecule has 2 N–H and O–H groups in total. The maximum Gasteiger partial charge on any atom is 0.0613 e. The summed E-state index contributed by atoms with van der Waals surface area (Å²) in [6.45, 7) is 4.65. The minimum atomic E-state index is -0.0154. The van der Waals surface area contributed by atoms with Crippen LogP contribution in [0.4, 0.5) is 0 Å². The van der Waals surface area contributed by atoms with E-state index in [0.717, 1.165) is 25.3 Å². The average Bonchev–Trinajstić information content (AvgIpc) is 2.49. The smallest absolute Gasteiger partial charge is 0.0613 e. The summed E-state index contributed by atoms with van der Waals surface area (Å²) in [5.41, 5.74) is -0.0154. The largest absolute Gasteiger partial charge is 0.394 e. The summed E-state index contributed by atoms with van der Waals surface area (Å²) in [5.74, 6) is 0.915. The molecule has 3 nitrogen and oxygen atoms in total. The lowest BCUT2D eigenvalue weighted by Crippen LogP contribution is -2.55. The van der Waals surface area contributed by atoms with E-state index >= 15 is 0 Å². The molecule has 2 atom stereocenters. The van der Waals surface area contributed by atoms with Gasteiger partial charge in [-0.25, -0.2) is 0 Å². The molecule has 2 aliphatic rings. The molecule has 0 aromatic rings. The molecule has 0 spiro atoms. The Labute approximate surface area is 125 Å². The van der Waals surface area contributed by atoms with Crippen molar-refractivity contribution in [2.75, 3.05) is 26.7 Å². The van der Waals surface area contributed by atoms with Gasteiger partial charge in [0.15, 0.2) is 0 Å². The maximum atomic E-state index is 9.81. The van der Waals surface area contributed by atoms with Gasteiger partial charge in [0.1, 0.15) is 0 Å². The first-order valence-electron chi connectivity index (χ1n) is 8.75. The molecule has 118 valence electrons. The molecule has 2 unspecified atom stereocenters. The summed E-state index contributed by atoms with van der Waals surface area (Å²) in [6, 6.07) is 0.650. The third-order valence-corrected chi connectivity index (χ3v) is 5.57. The highest BCUT2D eigenvalue weighted by Crippen LogP contribution is 2.32. The van der Waals surface area contributed by atoms with Crippen LogP contribution in [0.3, 0.4) is 0 Å². The lowest BCUT2D eigenvalue weighted by atomic mass is 9.78. The van der Waals surface area contributed by atoms with Crippen molar-refractivity contribution in [1.29, 1.82) is 0 Å². The third-order valence-electron chi connectivity index (χ3n) is 5.57. The van der Waals surface area contributed by atoms with Gasteiger partial charge in [0.2, 0.25) is 0 Å². The summed E-state index contributed by atoms with van der Waals surface area (Å²) in [6.07, 6.45) is 11.9. The number of likely N-dealkylation sites (N-methyl/N-ethyl adjacent to an activating group) is 1. The Bertz CT molecular complexity index is 274. The van der Waals surface area contributed by atoms with Crippen LogP contribution in [0.15, 0.2) is 0 Å². The second-order valence-electron chi connectivity index (χ2n) is 7.16. The Morgan fingerprint density at radius 1 is 1.15 bits per heavy atom. The highest BCUT2D eigenvalue weighted by molar-refractivity contribution is 4.96. The minimum absolute atomic E-state index is 0.0154. The third kappa shape index (κ3) is 4.19. The van der Waals surface area contributed by atoms with Crippen molar-refractivity contribution in [3.05, 3.63) is 0 Å². The number of hydrogen-bond acceptors (Lipinski definition) is 3. The second kappa shape index (κ2) is 7.77. The molecule has 2 aliphatic carbocycles. The zero-order valence-corrected chi connectivity index (χ0v) is 13.5. The van der Waals surface area contributed by atoms with Crippen molar-refractivity contribution in [3.8, 4) is 0 Å². The molecule has 0 aromatic carbocycles. The van der Waals surface area contributed by atoms with Gasteiger partial charge >= 0.3 is 0 Å². The zero-order valence-electron chi connectivity index (χ0n) is 13.5. The number of nitrogens with one attached hydrogen (secondary N) is 1. The van der Waals surface area contributed by atoms with Gasteiger partial charge in [-0.15, -0.1) is 0 Å². The molecule has 0 saturated heterocycles. The van der Waals surface area contributed by atoms with Crippen LogP contribution in [-0.2, 0) is 0 Å². The Balaban J connectivity index is 1.86. The molecule has 0 heterocycles. The lowest BCUT2D eigenvalue weighted by Gasteiger charge is -2.44. The number of hydrogen-bond donors (Lipinski definition) is 2. The summed E-state index contributed by atoms with van der Waals surface area (Å²) >= 11 is 0. The van der Waals surface area contributed by atoms with Crippen molar-refractivity contribution in [2.45, 2.75) is 76.3 Å². The van der Waals surface area contributed by atoms with E-state index in [2.05, 4.69) is 24.2 Å². The van der Waals surface area contributed by atoms with Crippen LogP contribution in [0, 0.1) is 5.92 Å². The molecular formula is C17H34N2O. The van der Waals surface area contributed by atoms with Gasteiger partial charge in [-0.3, -0.25) is 0 Å². The van der Waals surface area contributed by atoms with Crippen LogP contribution in [0.2, 0.25) is 0 Å². The van der Waals surface area contributed by atoms with Crippen molar-refractivity contribution >= 4 is 0 Å². The van der Waals surface area contributed by atoms with Gasteiger partial charge < -0.3 is 15.3 Å². The molecule has 0 bridgehead atoms. The Kier molecular flexibility index (Phi) is 6.31. The summed E-state index contributed by atoms with van der Waals surface area (Å²) < 4.78 is 0. The van der Waals surface area contributed by atoms with E-state index in [9.17, 15) is 5.11 Å². The molecule has 2 saturated carbocycles. The molecule has 0 amide bonds. The number of aliphatic hydroxyl groups excluding tert-OH is 1. The van der Waals surface area contributed by atoms with Gasteiger partial charge in [0.25, 0.3) is 0 Å². The molecule has 3 heteroatoms. The maximum absolute atomic E-state index is 9.81. The number of aliphatic hydroxyl groups is 1. The molecule has 2 rings (SSSR count). The first kappa shape index (κ1) is 16.3. The van der Waals surface area contributed by atoms with E-state index < -0.39 is 0 Å². The highest BCUT2D eigenvalue weighted by Gasteiger charge is 2.36. The van der Waals surface area contributed by atoms with E-state index in [4.69, 9.17) is 0 Å². The van der Waals surface area contributed by atoms with Crippen molar-refractivity contribution in [2.24, 2.45) is 5.92 Å². The van der Waals surface area contributed by atoms with Crippen LogP contribution < -0.4 is 5.32 Å². The van der Waals surface area contributed by atoms with Crippen molar-refractivity contribution in [1.82, 2.24) is 10.2 Å². The lowest BCUT2D eigenvalue weighted by molar-refractivity contribution is 0.0619. The molecule has 2 fully saturated rings. The average molecular weight is 282 g/mol. The summed E-state index contributed by atoms with van der Waals surface area (Å²) in [4.78, 5) is 2.59. The zero-order chi connectivity index (χ0) is 14.4. The normalized spacial score (nSPS) is 32.7. The Morgan fingerprint density at radius 2 is 1.90 bits per heavy atom. The monoisotopic (exact) mass is 282 g/mol. The summed E-state index contributed by atoms with van der Waals surface area (Å²) in [5, 5.41) is 13.4. The minimum Gasteiger partial charge on any atom is -0.394 e. The molecular weight excluding hydrogens is 248 g/mol. The van der Waals surface area contributed by atoms with Gasteiger partial charge in [-0.2, -0.15) is 0 Å². The van der Waals surface area contributed by atoms with E-state index in [0.29, 0.717) is 6.04 Å². The first-order valence-corrected chi connectivity index (χ1v) is 8.75. The predicted molar refractivity (Wildman–Crippen MR) is 85.0 cm³/mol. The Morgan fingerprint density at radius 3 is 2.55 bits per heavy atom. The molecule has 0 radical (unpaired) electrons. The predicted octanol–water partition coefficient (Wildman–Crippen LogP) is 2.78. The van der Waals surface area contributed by atoms with E-state index in [1.54, 1.807) is 0 Å². The molecule has 0 aromatic heterocycles.